The van der Waals surface area contributed by atoms with E-state index in [9.17, 15) is 8.42 Å². The molecule has 6 heteroatoms. The first-order valence-corrected chi connectivity index (χ1v) is 8.44. The molecular weight excluding hydrogens is 288 g/mol. The summed E-state index contributed by atoms with van der Waals surface area (Å²) in [6.07, 6.45) is 0. The van der Waals surface area contributed by atoms with Crippen molar-refractivity contribution in [3.8, 4) is 5.75 Å². The Morgan fingerprint density at radius 3 is 2.00 bits per heavy atom. The second kappa shape index (κ2) is 4.97. The molecule has 2 rings (SSSR count). The van der Waals surface area contributed by atoms with E-state index in [1.165, 1.54) is 0 Å². The highest BCUT2D eigenvalue weighted by Gasteiger charge is 2.61. The predicted octanol–water partition coefficient (Wildman–Crippen LogP) is 1.74. The lowest BCUT2D eigenvalue weighted by Gasteiger charge is -2.62. The van der Waals surface area contributed by atoms with Gasteiger partial charge in [0.05, 0.1) is 12.0 Å². The van der Waals surface area contributed by atoms with Crippen LogP contribution in [0.1, 0.15) is 27.7 Å². The van der Waals surface area contributed by atoms with Gasteiger partial charge in [-0.2, -0.15) is 0 Å². The predicted molar refractivity (Wildman–Crippen MR) is 82.6 cm³/mol. The van der Waals surface area contributed by atoms with Crippen molar-refractivity contribution in [1.29, 1.82) is 0 Å². The van der Waals surface area contributed by atoms with E-state index in [4.69, 9.17) is 10.5 Å². The second-order valence-electron chi connectivity index (χ2n) is 6.85. The third-order valence-electron chi connectivity index (χ3n) is 4.73. The van der Waals surface area contributed by atoms with Crippen LogP contribution < -0.4 is 15.2 Å². The molecule has 21 heavy (non-hydrogen) atoms. The lowest BCUT2D eigenvalue weighted by molar-refractivity contribution is -0.0593. The Labute approximate surface area is 126 Å². The van der Waals surface area contributed by atoms with Gasteiger partial charge < -0.3 is 10.5 Å². The Morgan fingerprint density at radius 2 is 1.57 bits per heavy atom. The zero-order valence-corrected chi connectivity index (χ0v) is 14.0. The highest BCUT2D eigenvalue weighted by Crippen LogP contribution is 2.52. The van der Waals surface area contributed by atoms with Crippen molar-refractivity contribution >= 4 is 10.0 Å². The average molecular weight is 312 g/mol. The van der Waals surface area contributed by atoms with Crippen LogP contribution in [0.25, 0.3) is 0 Å². The molecule has 0 saturated heterocycles. The van der Waals surface area contributed by atoms with E-state index < -0.39 is 10.0 Å². The molecule has 0 atom stereocenters. The van der Waals surface area contributed by atoms with E-state index in [1.54, 1.807) is 31.4 Å². The van der Waals surface area contributed by atoms with Crippen LogP contribution in [0, 0.1) is 10.8 Å². The molecule has 0 unspecified atom stereocenters. The minimum Gasteiger partial charge on any atom is -0.497 e. The Kier molecular flexibility index (Phi) is 3.85. The summed E-state index contributed by atoms with van der Waals surface area (Å²) in [5, 5.41) is 0. The SMILES string of the molecule is COc1ccc(S(=O)(=O)NC2C(C)(C)C(N)C2(C)C)cc1. The standard InChI is InChI=1S/C15H24N2O3S/c1-14(2)12(16)15(3,4)13(14)17-21(18,19)11-8-6-10(20-5)7-9-11/h6-9,12-13,17H,16H2,1-5H3. The van der Waals surface area contributed by atoms with E-state index in [2.05, 4.69) is 4.72 Å². The van der Waals surface area contributed by atoms with Gasteiger partial charge >= 0.3 is 0 Å². The maximum absolute atomic E-state index is 12.5. The summed E-state index contributed by atoms with van der Waals surface area (Å²) in [7, 11) is -2.03. The number of benzene rings is 1. The van der Waals surface area contributed by atoms with Crippen molar-refractivity contribution in [2.75, 3.05) is 7.11 Å². The zero-order valence-electron chi connectivity index (χ0n) is 13.2. The van der Waals surface area contributed by atoms with Crippen molar-refractivity contribution in [2.45, 2.75) is 44.7 Å². The van der Waals surface area contributed by atoms with Gasteiger partial charge in [-0.05, 0) is 35.1 Å². The van der Waals surface area contributed by atoms with Gasteiger partial charge in [-0.15, -0.1) is 0 Å². The molecule has 1 fully saturated rings. The molecule has 0 aromatic heterocycles. The topological polar surface area (TPSA) is 81.4 Å². The summed E-state index contributed by atoms with van der Waals surface area (Å²) >= 11 is 0. The first kappa shape index (κ1) is 16.3. The molecular formula is C15H24N2O3S. The van der Waals surface area contributed by atoms with E-state index in [1.807, 2.05) is 27.7 Å². The van der Waals surface area contributed by atoms with Crippen molar-refractivity contribution < 1.29 is 13.2 Å². The Bertz CT molecular complexity index is 605. The third-order valence-corrected chi connectivity index (χ3v) is 6.17. The Morgan fingerprint density at radius 1 is 1.10 bits per heavy atom. The fourth-order valence-corrected chi connectivity index (χ4v) is 5.01. The van der Waals surface area contributed by atoms with Crippen LogP contribution in [-0.4, -0.2) is 27.6 Å². The first-order valence-electron chi connectivity index (χ1n) is 6.95. The fraction of sp³-hybridized carbons (Fsp3) is 0.600. The highest BCUT2D eigenvalue weighted by molar-refractivity contribution is 7.89. The smallest absolute Gasteiger partial charge is 0.240 e. The molecule has 1 aromatic carbocycles. The van der Waals surface area contributed by atoms with Gasteiger partial charge in [0, 0.05) is 12.1 Å². The van der Waals surface area contributed by atoms with Gasteiger partial charge in [0.2, 0.25) is 10.0 Å². The molecule has 0 aliphatic heterocycles. The lowest BCUT2D eigenvalue weighted by atomic mass is 9.49. The summed E-state index contributed by atoms with van der Waals surface area (Å²) in [6.45, 7) is 7.96. The second-order valence-corrected chi connectivity index (χ2v) is 8.56. The van der Waals surface area contributed by atoms with Crippen LogP contribution >= 0.6 is 0 Å². The van der Waals surface area contributed by atoms with Crippen LogP contribution in [0.5, 0.6) is 5.75 Å². The molecule has 0 heterocycles. The zero-order chi connectivity index (χ0) is 16.1. The summed E-state index contributed by atoms with van der Waals surface area (Å²) in [6, 6.07) is 6.11. The maximum atomic E-state index is 12.5. The molecule has 0 spiro atoms. The summed E-state index contributed by atoms with van der Waals surface area (Å²) in [5.41, 5.74) is 5.62. The summed E-state index contributed by atoms with van der Waals surface area (Å²) < 4.78 is 32.9. The van der Waals surface area contributed by atoms with Crippen LogP contribution in [0.2, 0.25) is 0 Å². The molecule has 0 amide bonds. The molecule has 1 saturated carbocycles. The minimum absolute atomic E-state index is 0.0476. The van der Waals surface area contributed by atoms with E-state index in [-0.39, 0.29) is 27.8 Å². The molecule has 1 aliphatic rings. The molecule has 0 radical (unpaired) electrons. The molecule has 5 nitrogen and oxygen atoms in total. The maximum Gasteiger partial charge on any atom is 0.240 e. The average Bonchev–Trinajstić information content (AvgIpc) is 2.44. The number of nitrogens with two attached hydrogens (primary N) is 1. The monoisotopic (exact) mass is 312 g/mol. The molecule has 1 aromatic rings. The fourth-order valence-electron chi connectivity index (χ4n) is 3.46. The molecule has 3 N–H and O–H groups in total. The number of ether oxygens (including phenoxy) is 1. The molecule has 118 valence electrons. The van der Waals surface area contributed by atoms with Crippen molar-refractivity contribution in [1.82, 2.24) is 4.72 Å². The van der Waals surface area contributed by atoms with Crippen molar-refractivity contribution in [2.24, 2.45) is 16.6 Å². The number of sulfonamides is 1. The quantitative estimate of drug-likeness (QED) is 0.887. The first-order chi connectivity index (χ1) is 9.53. The third kappa shape index (κ3) is 2.56. The van der Waals surface area contributed by atoms with Crippen LogP contribution in [-0.2, 0) is 10.0 Å². The van der Waals surface area contributed by atoms with Gasteiger partial charge in [0.15, 0.2) is 0 Å². The van der Waals surface area contributed by atoms with Crippen LogP contribution in [0.3, 0.4) is 0 Å². The van der Waals surface area contributed by atoms with Crippen LogP contribution in [0.4, 0.5) is 0 Å². The minimum atomic E-state index is -3.57. The normalized spacial score (nSPS) is 27.0. The van der Waals surface area contributed by atoms with Gasteiger partial charge in [-0.1, -0.05) is 27.7 Å². The summed E-state index contributed by atoms with van der Waals surface area (Å²) in [4.78, 5) is 0.232. The van der Waals surface area contributed by atoms with E-state index >= 15 is 0 Å². The van der Waals surface area contributed by atoms with Crippen molar-refractivity contribution in [3.05, 3.63) is 24.3 Å². The molecule has 1 aliphatic carbocycles. The number of methoxy groups -OCH3 is 1. The Hall–Kier alpha value is -1.11. The highest BCUT2D eigenvalue weighted by atomic mass is 32.2. The Balaban J connectivity index is 2.25. The van der Waals surface area contributed by atoms with Gasteiger partial charge in [-0.3, -0.25) is 0 Å². The number of hydrogen-bond acceptors (Lipinski definition) is 4. The largest absolute Gasteiger partial charge is 0.497 e. The molecule has 0 bridgehead atoms. The number of rotatable bonds is 4. The van der Waals surface area contributed by atoms with E-state index in [0.29, 0.717) is 5.75 Å². The van der Waals surface area contributed by atoms with Crippen LogP contribution in [0.15, 0.2) is 29.2 Å². The van der Waals surface area contributed by atoms with Gasteiger partial charge in [-0.25, -0.2) is 13.1 Å². The summed E-state index contributed by atoms with van der Waals surface area (Å²) in [5.74, 6) is 0.625. The number of nitrogens with one attached hydrogen (secondary N) is 1. The van der Waals surface area contributed by atoms with E-state index in [0.717, 1.165) is 0 Å². The van der Waals surface area contributed by atoms with Crippen molar-refractivity contribution in [3.63, 3.8) is 0 Å². The number of hydrogen-bond donors (Lipinski definition) is 2. The van der Waals surface area contributed by atoms with Gasteiger partial charge in [0.25, 0.3) is 0 Å². The lowest BCUT2D eigenvalue weighted by Crippen LogP contribution is -2.75. The van der Waals surface area contributed by atoms with Gasteiger partial charge in [0.1, 0.15) is 5.75 Å².